The van der Waals surface area contributed by atoms with Gasteiger partial charge in [-0.15, -0.1) is 0 Å². The van der Waals surface area contributed by atoms with Gasteiger partial charge in [-0.05, 0) is 56.5 Å². The number of halogens is 2. The highest BCUT2D eigenvalue weighted by Gasteiger charge is 2.44. The van der Waals surface area contributed by atoms with E-state index in [-0.39, 0.29) is 13.0 Å². The second-order valence-corrected chi connectivity index (χ2v) is 9.62. The first-order valence-electron chi connectivity index (χ1n) is 8.92. The molecule has 0 bridgehead atoms. The van der Waals surface area contributed by atoms with E-state index in [1.165, 1.54) is 18.2 Å². The number of carbonyl (C=O) groups excluding carboxylic acids is 1. The van der Waals surface area contributed by atoms with Gasteiger partial charge < -0.3 is 4.74 Å². The summed E-state index contributed by atoms with van der Waals surface area (Å²) in [6, 6.07) is 10.5. The topological polar surface area (TPSA) is 72.9 Å². The third kappa shape index (κ3) is 5.07. The molecule has 0 spiro atoms. The first-order chi connectivity index (χ1) is 13.5. The Hall–Kier alpha value is -2.16. The molecule has 0 aromatic heterocycles. The molecule has 2 aromatic carbocycles. The van der Waals surface area contributed by atoms with Crippen LogP contribution >= 0.6 is 11.6 Å². The van der Waals surface area contributed by atoms with Gasteiger partial charge in [0.2, 0.25) is 0 Å². The maximum Gasteiger partial charge on any atom is 0.426 e. The number of benzene rings is 2. The molecule has 2 aromatic rings. The van der Waals surface area contributed by atoms with E-state index in [0.717, 1.165) is 5.56 Å². The van der Waals surface area contributed by atoms with Crippen LogP contribution in [-0.2, 0) is 25.6 Å². The van der Waals surface area contributed by atoms with Crippen molar-refractivity contribution in [1.82, 2.24) is 4.31 Å². The third-order valence-electron chi connectivity index (χ3n) is 4.22. The average Bonchev–Trinajstić information content (AvgIpc) is 2.90. The zero-order chi connectivity index (χ0) is 21.4. The molecule has 6 nitrogen and oxygen atoms in total. The number of rotatable bonds is 3. The van der Waals surface area contributed by atoms with Crippen molar-refractivity contribution in [3.8, 4) is 11.1 Å². The summed E-state index contributed by atoms with van der Waals surface area (Å²) >= 11 is 5.94. The molecule has 0 aliphatic carbocycles. The maximum atomic E-state index is 14.0. The highest BCUT2D eigenvalue weighted by molar-refractivity contribution is 7.85. The van der Waals surface area contributed by atoms with Crippen LogP contribution in [0.15, 0.2) is 42.5 Å². The van der Waals surface area contributed by atoms with Crippen LogP contribution < -0.4 is 0 Å². The van der Waals surface area contributed by atoms with Gasteiger partial charge in [-0.25, -0.2) is 9.18 Å². The lowest BCUT2D eigenvalue weighted by molar-refractivity contribution is 0.0357. The summed E-state index contributed by atoms with van der Waals surface area (Å²) in [6.07, 6.45) is -0.742. The van der Waals surface area contributed by atoms with Crippen molar-refractivity contribution in [1.29, 1.82) is 0 Å². The molecule has 9 heteroatoms. The Bertz CT molecular complexity index is 1020. The Kier molecular flexibility index (Phi) is 5.89. The van der Waals surface area contributed by atoms with Gasteiger partial charge in [0.15, 0.2) is 0 Å². The molecule has 1 aliphatic heterocycles. The number of hydrogen-bond donors (Lipinski definition) is 0. The van der Waals surface area contributed by atoms with Crippen LogP contribution in [0.4, 0.5) is 9.18 Å². The number of carbonyl (C=O) groups is 1. The van der Waals surface area contributed by atoms with Crippen LogP contribution in [0, 0.1) is 5.82 Å². The molecule has 29 heavy (non-hydrogen) atoms. The largest absolute Gasteiger partial charge is 0.443 e. The third-order valence-corrected chi connectivity index (χ3v) is 5.82. The van der Waals surface area contributed by atoms with Crippen molar-refractivity contribution in [2.45, 2.75) is 38.8 Å². The Morgan fingerprint density at radius 3 is 2.52 bits per heavy atom. The molecule has 1 unspecified atom stereocenters. The van der Waals surface area contributed by atoms with Gasteiger partial charge in [0.25, 0.3) is 0 Å². The Balaban J connectivity index is 1.80. The quantitative estimate of drug-likeness (QED) is 0.697. The highest BCUT2D eigenvalue weighted by Crippen LogP contribution is 2.28. The monoisotopic (exact) mass is 441 g/mol. The number of ether oxygens (including phenoxy) is 1. The molecule has 0 N–H and O–H groups in total. The molecule has 1 amide bonds. The maximum absolute atomic E-state index is 14.0. The standard InChI is InChI=1S/C20H21ClFNO5S/c1-20(2,3)28-19(24)23-16(12-27-29(23,25)26)10-13-4-6-14(7-5-13)17-11-15(21)8-9-18(17)22/h4-9,11,16H,10,12H2,1-3H3. The summed E-state index contributed by atoms with van der Waals surface area (Å²) in [4.78, 5) is 12.4. The second-order valence-electron chi connectivity index (χ2n) is 7.70. The molecular formula is C20H21ClFNO5S. The fraction of sp³-hybridized carbons (Fsp3) is 0.350. The molecule has 0 saturated carbocycles. The minimum absolute atomic E-state index is 0.160. The summed E-state index contributed by atoms with van der Waals surface area (Å²) < 4.78 is 49.0. The Labute approximate surface area is 174 Å². The van der Waals surface area contributed by atoms with E-state index in [1.807, 2.05) is 0 Å². The minimum Gasteiger partial charge on any atom is -0.443 e. The molecular weight excluding hydrogens is 421 g/mol. The Morgan fingerprint density at radius 1 is 1.24 bits per heavy atom. The van der Waals surface area contributed by atoms with E-state index in [0.29, 0.717) is 20.5 Å². The molecule has 1 saturated heterocycles. The summed E-state index contributed by atoms with van der Waals surface area (Å²) in [5.41, 5.74) is 0.914. The summed E-state index contributed by atoms with van der Waals surface area (Å²) in [5.74, 6) is -0.395. The van der Waals surface area contributed by atoms with Gasteiger partial charge in [-0.2, -0.15) is 12.7 Å². The van der Waals surface area contributed by atoms with E-state index in [9.17, 15) is 17.6 Å². The highest BCUT2D eigenvalue weighted by atomic mass is 35.5. The van der Waals surface area contributed by atoms with E-state index in [4.69, 9.17) is 20.5 Å². The first kappa shape index (κ1) is 21.5. The number of hydrogen-bond acceptors (Lipinski definition) is 5. The number of amides is 1. The van der Waals surface area contributed by atoms with Crippen molar-refractivity contribution in [2.24, 2.45) is 0 Å². The fourth-order valence-electron chi connectivity index (χ4n) is 2.97. The van der Waals surface area contributed by atoms with Gasteiger partial charge >= 0.3 is 16.4 Å². The summed E-state index contributed by atoms with van der Waals surface area (Å²) in [5, 5.41) is 0.423. The van der Waals surface area contributed by atoms with E-state index in [1.54, 1.807) is 45.0 Å². The molecule has 1 atom stereocenters. The van der Waals surface area contributed by atoms with E-state index < -0.39 is 33.9 Å². The van der Waals surface area contributed by atoms with Crippen molar-refractivity contribution in [3.05, 3.63) is 58.9 Å². The van der Waals surface area contributed by atoms with E-state index in [2.05, 4.69) is 0 Å². The molecule has 3 rings (SSSR count). The minimum atomic E-state index is -4.19. The normalized spacial score (nSPS) is 18.7. The van der Waals surface area contributed by atoms with Crippen molar-refractivity contribution >= 4 is 28.0 Å². The molecule has 1 heterocycles. The van der Waals surface area contributed by atoms with Crippen LogP contribution in [-0.4, -0.2) is 37.1 Å². The van der Waals surface area contributed by atoms with Gasteiger partial charge in [0.1, 0.15) is 11.4 Å². The Morgan fingerprint density at radius 2 is 1.90 bits per heavy atom. The average molecular weight is 442 g/mol. The van der Waals surface area contributed by atoms with Crippen LogP contribution in [0.5, 0.6) is 0 Å². The van der Waals surface area contributed by atoms with Gasteiger partial charge in [0.05, 0.1) is 12.6 Å². The fourth-order valence-corrected chi connectivity index (χ4v) is 4.31. The van der Waals surface area contributed by atoms with Crippen molar-refractivity contribution in [3.63, 3.8) is 0 Å². The lowest BCUT2D eigenvalue weighted by Crippen LogP contribution is -2.43. The predicted octanol–water partition coefficient (Wildman–Crippen LogP) is 4.57. The SMILES string of the molecule is CC(C)(C)OC(=O)N1C(Cc2ccc(-c3cc(Cl)ccc3F)cc2)COS1(=O)=O. The van der Waals surface area contributed by atoms with Crippen LogP contribution in [0.3, 0.4) is 0 Å². The lowest BCUT2D eigenvalue weighted by Gasteiger charge is -2.26. The zero-order valence-electron chi connectivity index (χ0n) is 16.2. The summed E-state index contributed by atoms with van der Waals surface area (Å²) in [7, 11) is -4.19. The zero-order valence-corrected chi connectivity index (χ0v) is 17.8. The van der Waals surface area contributed by atoms with Crippen LogP contribution in [0.25, 0.3) is 11.1 Å². The second kappa shape index (κ2) is 7.93. The van der Waals surface area contributed by atoms with Crippen LogP contribution in [0.2, 0.25) is 5.02 Å². The molecule has 156 valence electrons. The van der Waals surface area contributed by atoms with Crippen molar-refractivity contribution < 1.29 is 26.5 Å². The molecule has 0 radical (unpaired) electrons. The van der Waals surface area contributed by atoms with Gasteiger partial charge in [-0.1, -0.05) is 35.9 Å². The van der Waals surface area contributed by atoms with Crippen molar-refractivity contribution in [2.75, 3.05) is 6.61 Å². The number of nitrogens with zero attached hydrogens (tertiary/aromatic N) is 1. The lowest BCUT2D eigenvalue weighted by atomic mass is 10.0. The smallest absolute Gasteiger partial charge is 0.426 e. The van der Waals surface area contributed by atoms with E-state index >= 15 is 0 Å². The van der Waals surface area contributed by atoms with Crippen LogP contribution in [0.1, 0.15) is 26.3 Å². The van der Waals surface area contributed by atoms with Gasteiger partial charge in [-0.3, -0.25) is 4.18 Å². The summed E-state index contributed by atoms with van der Waals surface area (Å²) in [6.45, 7) is 4.79. The molecule has 1 aliphatic rings. The van der Waals surface area contributed by atoms with Gasteiger partial charge in [0, 0.05) is 10.6 Å². The first-order valence-corrected chi connectivity index (χ1v) is 10.7. The molecule has 1 fully saturated rings. The predicted molar refractivity (Wildman–Crippen MR) is 107 cm³/mol.